The first-order valence-electron chi connectivity index (χ1n) is 14.7. The van der Waals surface area contributed by atoms with Gasteiger partial charge < -0.3 is 20.1 Å². The third-order valence-electron chi connectivity index (χ3n) is 8.09. The number of ether oxygens (including phenoxy) is 1. The summed E-state index contributed by atoms with van der Waals surface area (Å²) in [5.41, 5.74) is 1.30. The van der Waals surface area contributed by atoms with Crippen molar-refractivity contribution in [2.24, 2.45) is 0 Å². The summed E-state index contributed by atoms with van der Waals surface area (Å²) in [7, 11) is 0. The molecule has 6 rings (SSSR count). The van der Waals surface area contributed by atoms with Crippen LogP contribution in [0.4, 0.5) is 0 Å². The van der Waals surface area contributed by atoms with E-state index in [1.54, 1.807) is 9.47 Å². The number of nitrogens with zero attached hydrogens (tertiary/aromatic N) is 4. The first-order chi connectivity index (χ1) is 20.5. The Labute approximate surface area is 249 Å². The number of fused-ring (bicyclic) bond motifs is 2. The number of hydrogen-bond donors (Lipinski definition) is 2. The van der Waals surface area contributed by atoms with E-state index in [2.05, 4.69) is 10.2 Å². The van der Waals surface area contributed by atoms with Crippen molar-refractivity contribution in [2.45, 2.75) is 36.4 Å². The summed E-state index contributed by atoms with van der Waals surface area (Å²) in [5, 5.41) is 15.9. The lowest BCUT2D eigenvalue weighted by atomic mass is 10.1. The summed E-state index contributed by atoms with van der Waals surface area (Å²) in [6, 6.07) is 19.4. The molecular formula is C32H37N5O4S. The number of thioether (sulfide) groups is 1. The second kappa shape index (κ2) is 12.8. The Bertz CT molecular complexity index is 1620. The fourth-order valence-corrected chi connectivity index (χ4v) is 6.94. The predicted octanol–water partition coefficient (Wildman–Crippen LogP) is 3.28. The maximum Gasteiger partial charge on any atom is 0.262 e. The molecule has 1 aromatic heterocycles. The Morgan fingerprint density at radius 2 is 1.83 bits per heavy atom. The molecule has 2 N–H and O–H groups in total. The molecule has 3 aromatic carbocycles. The largest absolute Gasteiger partial charge is 0.492 e. The number of amides is 1. The Kier molecular flexibility index (Phi) is 8.76. The molecule has 2 saturated heterocycles. The second-order valence-electron chi connectivity index (χ2n) is 10.9. The van der Waals surface area contributed by atoms with Crippen LogP contribution in [0, 0.1) is 0 Å². The van der Waals surface area contributed by atoms with Gasteiger partial charge in [-0.3, -0.25) is 19.1 Å². The number of likely N-dealkylation sites (tertiary alicyclic amines) is 1. The average molecular weight is 588 g/mol. The van der Waals surface area contributed by atoms with Gasteiger partial charge in [0.25, 0.3) is 5.56 Å². The van der Waals surface area contributed by atoms with Gasteiger partial charge in [-0.05, 0) is 53.9 Å². The van der Waals surface area contributed by atoms with Gasteiger partial charge in [-0.25, -0.2) is 4.98 Å². The maximum atomic E-state index is 13.9. The van der Waals surface area contributed by atoms with Gasteiger partial charge in [0.1, 0.15) is 17.6 Å². The highest BCUT2D eigenvalue weighted by molar-refractivity contribution is 8.00. The van der Waals surface area contributed by atoms with Crippen molar-refractivity contribution in [3.05, 3.63) is 76.6 Å². The number of piperazine rings is 1. The highest BCUT2D eigenvalue weighted by atomic mass is 32.2. The predicted molar refractivity (Wildman–Crippen MR) is 166 cm³/mol. The van der Waals surface area contributed by atoms with Crippen LogP contribution < -0.4 is 15.6 Å². The fraction of sp³-hybridized carbons (Fsp3) is 0.406. The molecule has 220 valence electrons. The van der Waals surface area contributed by atoms with Crippen LogP contribution >= 0.6 is 11.8 Å². The van der Waals surface area contributed by atoms with Crippen LogP contribution in [0.3, 0.4) is 0 Å². The monoisotopic (exact) mass is 587 g/mol. The molecule has 2 atom stereocenters. The Morgan fingerprint density at radius 1 is 1.10 bits per heavy atom. The number of benzene rings is 3. The van der Waals surface area contributed by atoms with Gasteiger partial charge in [0.05, 0.1) is 17.0 Å². The molecule has 0 aliphatic carbocycles. The number of carbonyl (C=O) groups excluding carboxylic acids is 1. The summed E-state index contributed by atoms with van der Waals surface area (Å²) in [5.74, 6) is 0.655. The number of β-amino-alcohol motifs (C(OH)–C–C–N with tert-alkyl or cyclic N) is 1. The van der Waals surface area contributed by atoms with Gasteiger partial charge in [-0.2, -0.15) is 0 Å². The Morgan fingerprint density at radius 3 is 2.52 bits per heavy atom. The van der Waals surface area contributed by atoms with E-state index in [-0.39, 0.29) is 11.5 Å². The maximum absolute atomic E-state index is 13.9. The van der Waals surface area contributed by atoms with E-state index >= 15 is 0 Å². The molecule has 0 bridgehead atoms. The molecule has 2 aliphatic heterocycles. The van der Waals surface area contributed by atoms with E-state index in [1.165, 1.54) is 11.8 Å². The molecule has 10 heteroatoms. The number of rotatable bonds is 9. The number of aromatic nitrogens is 2. The van der Waals surface area contributed by atoms with Crippen LogP contribution in [-0.2, 0) is 11.3 Å². The Balaban J connectivity index is 1.29. The number of carbonyl (C=O) groups is 1. The van der Waals surface area contributed by atoms with Crippen molar-refractivity contribution in [3.63, 3.8) is 0 Å². The van der Waals surface area contributed by atoms with E-state index < -0.39 is 11.4 Å². The van der Waals surface area contributed by atoms with Crippen molar-refractivity contribution in [2.75, 3.05) is 52.4 Å². The van der Waals surface area contributed by atoms with Gasteiger partial charge in [0.2, 0.25) is 5.91 Å². The zero-order valence-corrected chi connectivity index (χ0v) is 24.7. The second-order valence-corrected chi connectivity index (χ2v) is 12.0. The topological polar surface area (TPSA) is 99.9 Å². The zero-order valence-electron chi connectivity index (χ0n) is 23.9. The van der Waals surface area contributed by atoms with E-state index in [0.29, 0.717) is 48.7 Å². The number of nitrogens with one attached hydrogen (secondary N) is 1. The zero-order chi connectivity index (χ0) is 29.1. The fourth-order valence-electron chi connectivity index (χ4n) is 5.70. The molecular weight excluding hydrogens is 550 g/mol. The first-order valence-corrected chi connectivity index (χ1v) is 15.6. The van der Waals surface area contributed by atoms with Gasteiger partial charge >= 0.3 is 0 Å². The van der Waals surface area contributed by atoms with E-state index in [4.69, 9.17) is 9.72 Å². The van der Waals surface area contributed by atoms with Crippen molar-refractivity contribution >= 4 is 39.3 Å². The minimum Gasteiger partial charge on any atom is -0.492 e. The molecule has 2 fully saturated rings. The van der Waals surface area contributed by atoms with E-state index in [9.17, 15) is 14.7 Å². The minimum atomic E-state index is -0.632. The molecule has 1 amide bonds. The van der Waals surface area contributed by atoms with Crippen LogP contribution in [0.15, 0.2) is 70.6 Å². The van der Waals surface area contributed by atoms with Crippen LogP contribution in [0.2, 0.25) is 0 Å². The van der Waals surface area contributed by atoms with Crippen LogP contribution in [-0.4, -0.2) is 88.9 Å². The van der Waals surface area contributed by atoms with Crippen molar-refractivity contribution in [1.29, 1.82) is 0 Å². The van der Waals surface area contributed by atoms with Crippen molar-refractivity contribution in [1.82, 2.24) is 24.7 Å². The highest BCUT2D eigenvalue weighted by Gasteiger charge is 2.33. The van der Waals surface area contributed by atoms with E-state index in [0.717, 1.165) is 54.8 Å². The van der Waals surface area contributed by atoms with Gasteiger partial charge in [0.15, 0.2) is 5.16 Å². The summed E-state index contributed by atoms with van der Waals surface area (Å²) in [4.78, 5) is 36.5. The van der Waals surface area contributed by atoms with Gasteiger partial charge in [0, 0.05) is 52.4 Å². The molecule has 4 aromatic rings. The summed E-state index contributed by atoms with van der Waals surface area (Å²) < 4.78 is 7.66. The molecule has 9 nitrogen and oxygen atoms in total. The number of aliphatic hydroxyl groups is 1. The number of hydrogen-bond acceptors (Lipinski definition) is 8. The molecule has 0 saturated carbocycles. The molecule has 3 heterocycles. The SMILES string of the molecule is CCn1c(SC(C(=O)N2CC[C@H](O)C2)c2ccc(OCCN3CCNCC3)cc2)nc2cc3ccccc3cc2c1=O. The lowest BCUT2D eigenvalue weighted by Crippen LogP contribution is -2.44. The third-order valence-corrected chi connectivity index (χ3v) is 9.33. The summed E-state index contributed by atoms with van der Waals surface area (Å²) in [6.07, 6.45) is 0.0381. The molecule has 0 radical (unpaired) electrons. The smallest absolute Gasteiger partial charge is 0.262 e. The highest BCUT2D eigenvalue weighted by Crippen LogP contribution is 2.38. The van der Waals surface area contributed by atoms with E-state index in [1.807, 2.05) is 67.6 Å². The summed E-state index contributed by atoms with van der Waals surface area (Å²) >= 11 is 1.29. The van der Waals surface area contributed by atoms with Gasteiger partial charge in [-0.1, -0.05) is 48.2 Å². The minimum absolute atomic E-state index is 0.0977. The average Bonchev–Trinajstić information content (AvgIpc) is 3.46. The lowest BCUT2D eigenvalue weighted by Gasteiger charge is -2.27. The van der Waals surface area contributed by atoms with Gasteiger partial charge in [-0.15, -0.1) is 0 Å². The molecule has 42 heavy (non-hydrogen) atoms. The van der Waals surface area contributed by atoms with Crippen LogP contribution in [0.25, 0.3) is 21.7 Å². The molecule has 2 aliphatic rings. The lowest BCUT2D eigenvalue weighted by molar-refractivity contribution is -0.130. The Hall–Kier alpha value is -3.44. The molecule has 0 spiro atoms. The van der Waals surface area contributed by atoms with Crippen molar-refractivity contribution in [3.8, 4) is 5.75 Å². The van der Waals surface area contributed by atoms with Crippen LogP contribution in [0.5, 0.6) is 5.75 Å². The number of aliphatic hydroxyl groups excluding tert-OH is 1. The van der Waals surface area contributed by atoms with Crippen molar-refractivity contribution < 1.29 is 14.6 Å². The first kappa shape index (κ1) is 28.7. The summed E-state index contributed by atoms with van der Waals surface area (Å²) in [6.45, 7) is 8.68. The quantitative estimate of drug-likeness (QED) is 0.175. The standard InChI is InChI=1S/C32H37N5O4S/c1-2-37-30(39)27-19-23-5-3-4-6-24(23)20-28(27)34-32(37)42-29(31(40)36-14-11-25(38)21-36)22-7-9-26(10-8-22)41-18-17-35-15-12-33-13-16-35/h3-10,19-20,25,29,33,38H,2,11-18,21H2,1H3/t25-,29?/m0/s1. The normalized spacial score (nSPS) is 18.5. The molecule has 1 unspecified atom stereocenters. The van der Waals surface area contributed by atoms with Crippen LogP contribution in [0.1, 0.15) is 24.2 Å². The third kappa shape index (κ3) is 6.17.